The van der Waals surface area contributed by atoms with Gasteiger partial charge < -0.3 is 82.8 Å². The van der Waals surface area contributed by atoms with Crippen molar-refractivity contribution in [1.29, 1.82) is 1.12 Å². The molecule has 0 aromatic heterocycles. The van der Waals surface area contributed by atoms with E-state index in [0.29, 0.717) is 10.9 Å². The summed E-state index contributed by atoms with van der Waals surface area (Å²) in [5.41, 5.74) is 16.6. The Morgan fingerprint density at radius 3 is 0.726 bits per heavy atom. The van der Waals surface area contributed by atoms with Crippen molar-refractivity contribution in [3.8, 4) is 0 Å². The van der Waals surface area contributed by atoms with E-state index < -0.39 is 54.7 Å². The van der Waals surface area contributed by atoms with Crippen molar-refractivity contribution < 1.29 is 60.7 Å². The lowest BCUT2D eigenvalue weighted by molar-refractivity contribution is -0.899. The molecule has 0 aliphatic heterocycles. The first-order valence-electron chi connectivity index (χ1n) is 48.4. The first-order valence-corrected chi connectivity index (χ1v) is 48.0. The second-order valence-corrected chi connectivity index (χ2v) is 34.5. The van der Waals surface area contributed by atoms with Crippen LogP contribution in [0.3, 0.4) is 0 Å². The minimum absolute atomic E-state index is 0.00739. The number of aliphatic hydroxyl groups excluding tert-OH is 11. The second kappa shape index (κ2) is 99.7. The van der Waals surface area contributed by atoms with E-state index in [1.807, 2.05) is 58.4 Å². The number of nitrogens with zero attached hydrogens (tertiary/aromatic N) is 2. The molecular formula is C96H204N5O11S+. The van der Waals surface area contributed by atoms with E-state index in [1.54, 1.807) is 6.08 Å². The van der Waals surface area contributed by atoms with Gasteiger partial charge in [-0.15, -0.1) is 0 Å². The molecule has 16 nitrogen and oxygen atoms in total. The highest BCUT2D eigenvalue weighted by molar-refractivity contribution is 7.59. The molecule has 0 aliphatic carbocycles. The number of quaternary nitrogens is 1. The van der Waals surface area contributed by atoms with Crippen LogP contribution in [-0.2, 0) is 0 Å². The van der Waals surface area contributed by atoms with E-state index in [2.05, 4.69) is 60.2 Å². The zero-order chi connectivity index (χ0) is 86.5. The van der Waals surface area contributed by atoms with Gasteiger partial charge in [0.1, 0.15) is 12.1 Å². The molecule has 0 aromatic rings. The van der Waals surface area contributed by atoms with Crippen LogP contribution in [0.5, 0.6) is 0 Å². The molecule has 0 rings (SSSR count). The Morgan fingerprint density at radius 1 is 0.283 bits per heavy atom. The summed E-state index contributed by atoms with van der Waals surface area (Å²) < 4.78 is 6.01. The van der Waals surface area contributed by atoms with Crippen molar-refractivity contribution in [2.24, 2.45) is 17.2 Å². The molecule has 0 aliphatic rings. The molecule has 0 aromatic carbocycles. The van der Waals surface area contributed by atoms with E-state index in [4.69, 9.17) is 33.6 Å². The highest BCUT2D eigenvalue weighted by Gasteiger charge is 2.29. The number of rotatable bonds is 80. The molecule has 0 saturated carbocycles. The van der Waals surface area contributed by atoms with Gasteiger partial charge in [0, 0.05) is 0 Å². The standard InChI is InChI=1S/C21H44NO2.C20H41NO2.C19H41NO3.C18H39NO2.C18H37NO2.H2S/c1-5-6-7-8-9-10-11-12-13-14-15-16-17-18-21(24)20(19-23)22(2,3)4;1-4-5-6-7-8-9-10-11-12-13-14-15-16-17-20(23)19(18-22)21(2)3;1-2-3-4-5-6-7-8-9-10-11-12-13-14-15-18(22)19(23)17(20)16-21;2*1-2-3-4-5-6-7-8-9-10-11-12-13-14-15-18(21)17(19)16-20;/h17-18,20-21,23-24H,5-16,19H2,1-4H3;16-17,19-20,22-23H,4-15,18H2,1-3H3;17-19,21-23H,2-16,20H2,1H3;17-18,20-21H,2-16,19H2,1H3;14-15,17-18,20-21H,2-13,16,19H2,1H3;1H2/q+1;;;;;/b18-17+;17-16+;;;15-14+;/t20-,21+;19-,20+;17-,18+,19-;2*17-,18+;/m00000./s1/i/hD. The zero-order valence-electron chi connectivity index (χ0n) is 77.6. The van der Waals surface area contributed by atoms with Gasteiger partial charge in [0.2, 0.25) is 0 Å². The Kier molecular flexibility index (Phi) is 106. The normalized spacial score (nSPS) is 14.8. The Bertz CT molecular complexity index is 1830. The second-order valence-electron chi connectivity index (χ2n) is 34.5. The monoisotopic (exact) mass is 1640 g/mol. The smallest absolute Gasteiger partial charge is 0.142 e. The summed E-state index contributed by atoms with van der Waals surface area (Å²) in [6.07, 6.45) is 90.5. The molecule has 0 bridgehead atoms. The minimum atomic E-state index is -1.02. The van der Waals surface area contributed by atoms with Crippen LogP contribution in [0.25, 0.3) is 0 Å². The fourth-order valence-corrected chi connectivity index (χ4v) is 14.0. The SMILES string of the molecule is CCCCCCCCCCCCC/C=C/[C@@H](O)[C@@H](N)CO.CCCCCCCCCCCCC/C=C/[C@@H](O)[C@H](CO)N(C)C.CCCCCCCCCCCCC/C=C/[C@@H](O)[C@H](CO)[N+](C)(C)C.CCCCCCCCCCCCCCC[C@@H](O)[C@@H](N)CO.CCCCCCCCCCCCCCC[C@@H](O)[C@@H](O)[C@@H](N)CO.[2H]S. The molecule has 0 spiro atoms. The van der Waals surface area contributed by atoms with Crippen LogP contribution >= 0.6 is 13.4 Å². The van der Waals surface area contributed by atoms with Crippen molar-refractivity contribution in [3.05, 3.63) is 36.5 Å². The quantitative estimate of drug-likeness (QED) is 0.0153. The van der Waals surface area contributed by atoms with Crippen LogP contribution < -0.4 is 17.2 Å². The van der Waals surface area contributed by atoms with E-state index in [-0.39, 0.29) is 45.1 Å². The summed E-state index contributed by atoms with van der Waals surface area (Å²) >= 11 is 2.78. The number of hydrogen-bond donors (Lipinski definition) is 14. The molecule has 0 amide bonds. The van der Waals surface area contributed by atoms with Gasteiger partial charge in [0.15, 0.2) is 0 Å². The van der Waals surface area contributed by atoms with Gasteiger partial charge >= 0.3 is 0 Å². The van der Waals surface area contributed by atoms with E-state index in [9.17, 15) is 40.9 Å². The van der Waals surface area contributed by atoms with E-state index in [1.165, 1.54) is 360 Å². The van der Waals surface area contributed by atoms with Gasteiger partial charge in [-0.05, 0) is 65.5 Å². The lowest BCUT2D eigenvalue weighted by Crippen LogP contribution is -2.53. The number of likely N-dealkylation sites (N-methyl/N-ethyl adjacent to an activating group) is 2. The highest BCUT2D eigenvalue weighted by atomic mass is 32.1. The third kappa shape index (κ3) is 94.6. The summed E-state index contributed by atoms with van der Waals surface area (Å²) in [5.74, 6) is 0. The van der Waals surface area contributed by atoms with Crippen LogP contribution in [0.15, 0.2) is 36.5 Å². The first kappa shape index (κ1) is 120. The van der Waals surface area contributed by atoms with Gasteiger partial charge in [-0.25, -0.2) is 0 Å². The number of aliphatic hydroxyl groups is 11. The summed E-state index contributed by atoms with van der Waals surface area (Å²) in [5, 5.41) is 104. The largest absolute Gasteiger partial charge is 0.395 e. The van der Waals surface area contributed by atoms with Crippen LogP contribution in [0, 0.1) is 0 Å². The Morgan fingerprint density at radius 2 is 0.504 bits per heavy atom. The van der Waals surface area contributed by atoms with Crippen molar-refractivity contribution in [3.63, 3.8) is 0 Å². The fraction of sp³-hybridized carbons (Fsp3) is 0.938. The number of allylic oxidation sites excluding steroid dienone is 3. The molecule has 17 N–H and O–H groups in total. The summed E-state index contributed by atoms with van der Waals surface area (Å²) in [6.45, 7) is 10.7. The highest BCUT2D eigenvalue weighted by Crippen LogP contribution is 2.20. The van der Waals surface area contributed by atoms with Crippen LogP contribution in [0.4, 0.5) is 0 Å². The maximum atomic E-state index is 10.2. The van der Waals surface area contributed by atoms with Crippen LogP contribution in [-0.4, -0.2) is 202 Å². The third-order valence-electron chi connectivity index (χ3n) is 22.3. The topological polar surface area (TPSA) is 304 Å². The molecular weight excluding hydrogens is 1430 g/mol. The van der Waals surface area contributed by atoms with E-state index in [0.717, 1.165) is 44.9 Å². The molecule has 0 saturated heterocycles. The van der Waals surface area contributed by atoms with Gasteiger partial charge in [0.05, 0.1) is 110 Å². The molecule has 684 valence electrons. The van der Waals surface area contributed by atoms with Gasteiger partial charge in [-0.1, -0.05) is 431 Å². The Balaban J connectivity index is -0.000000318. The number of hydrogen-bond acceptors (Lipinski definition) is 15. The molecule has 0 fully saturated rings. The summed E-state index contributed by atoms with van der Waals surface area (Å²) in [7, 11) is 9.76. The lowest BCUT2D eigenvalue weighted by atomic mass is 10.00. The summed E-state index contributed by atoms with van der Waals surface area (Å²) in [4.78, 5) is 1.86. The maximum Gasteiger partial charge on any atom is 0.142 e. The van der Waals surface area contributed by atoms with E-state index >= 15 is 0 Å². The average Bonchev–Trinajstić information content (AvgIpc) is 0.868. The number of nitrogens with two attached hydrogens (primary N) is 3. The molecule has 113 heavy (non-hydrogen) atoms. The minimum Gasteiger partial charge on any atom is -0.395 e. The summed E-state index contributed by atoms with van der Waals surface area (Å²) in [6, 6.07) is -2.13. The van der Waals surface area contributed by atoms with Crippen LogP contribution in [0.1, 0.15) is 446 Å². The van der Waals surface area contributed by atoms with Gasteiger partial charge in [0.25, 0.3) is 0 Å². The third-order valence-corrected chi connectivity index (χ3v) is 22.3. The average molecular weight is 1640 g/mol. The molecule has 0 heterocycles. The Labute approximate surface area is 710 Å². The lowest BCUT2D eigenvalue weighted by Gasteiger charge is -2.34. The van der Waals surface area contributed by atoms with Crippen LogP contribution in [0.2, 0.25) is 0 Å². The zero-order valence-corrected chi connectivity index (χ0v) is 77.5. The first-order chi connectivity index (χ1) is 55.1. The molecule has 11 atom stereocenters. The Hall–Kier alpha value is -1.07. The van der Waals surface area contributed by atoms with Crippen molar-refractivity contribution >= 4 is 13.4 Å². The van der Waals surface area contributed by atoms with Gasteiger partial charge in [-0.2, -0.15) is 13.4 Å². The molecule has 17 heteroatoms. The molecule has 0 unspecified atom stereocenters. The van der Waals surface area contributed by atoms with Crippen molar-refractivity contribution in [1.82, 2.24) is 4.90 Å². The van der Waals surface area contributed by atoms with Crippen molar-refractivity contribution in [2.75, 3.05) is 68.3 Å². The van der Waals surface area contributed by atoms with Gasteiger partial charge in [-0.3, -0.25) is 0 Å². The fourth-order valence-electron chi connectivity index (χ4n) is 14.0. The predicted molar refractivity (Wildman–Crippen MR) is 496 cm³/mol. The maximum absolute atomic E-state index is 10.2. The number of unbranched alkanes of at least 4 members (excludes halogenated alkanes) is 57. The van der Waals surface area contributed by atoms with Crippen molar-refractivity contribution in [2.45, 2.75) is 512 Å². The molecule has 0 radical (unpaired) electrons. The predicted octanol–water partition coefficient (Wildman–Crippen LogP) is 20.9.